The van der Waals surface area contributed by atoms with E-state index in [1.807, 2.05) is 18.5 Å². The van der Waals surface area contributed by atoms with E-state index >= 15 is 0 Å². The van der Waals surface area contributed by atoms with Gasteiger partial charge in [-0.3, -0.25) is 10.2 Å². The van der Waals surface area contributed by atoms with Crippen LogP contribution in [0.25, 0.3) is 0 Å². The molecule has 0 bridgehead atoms. The van der Waals surface area contributed by atoms with Crippen LogP contribution in [0.4, 0.5) is 5.95 Å². The van der Waals surface area contributed by atoms with E-state index in [9.17, 15) is 0 Å². The molecule has 33 heavy (non-hydrogen) atoms. The van der Waals surface area contributed by atoms with Gasteiger partial charge in [0.15, 0.2) is 0 Å². The highest BCUT2D eigenvalue weighted by atomic mass is 16.5. The van der Waals surface area contributed by atoms with Gasteiger partial charge in [0, 0.05) is 45.1 Å². The van der Waals surface area contributed by atoms with Crippen LogP contribution in [0.15, 0.2) is 48.8 Å². The molecule has 3 aliphatic rings. The fourth-order valence-electron chi connectivity index (χ4n) is 5.23. The van der Waals surface area contributed by atoms with Gasteiger partial charge in [-0.25, -0.2) is 20.0 Å². The number of anilines is 1. The maximum atomic E-state index is 5.73. The summed E-state index contributed by atoms with van der Waals surface area (Å²) in [6.45, 7) is 10.5. The first-order chi connectivity index (χ1) is 16.4. The molecule has 3 aliphatic heterocycles. The Morgan fingerprint density at radius 1 is 0.909 bits per heavy atom. The van der Waals surface area contributed by atoms with Crippen molar-refractivity contribution < 1.29 is 9.47 Å². The van der Waals surface area contributed by atoms with Crippen molar-refractivity contribution in [2.75, 3.05) is 70.6 Å². The zero-order valence-electron chi connectivity index (χ0n) is 19.4. The lowest BCUT2D eigenvalue weighted by atomic mass is 9.99. The summed E-state index contributed by atoms with van der Waals surface area (Å²) in [5.41, 5.74) is 1.27. The molecule has 2 aromatic rings. The number of benzene rings is 1. The van der Waals surface area contributed by atoms with Crippen LogP contribution < -0.4 is 10.2 Å². The van der Waals surface area contributed by atoms with Crippen LogP contribution in [0.1, 0.15) is 18.5 Å². The van der Waals surface area contributed by atoms with E-state index in [1.165, 1.54) is 5.56 Å². The minimum absolute atomic E-state index is 0.0538. The molecule has 1 aromatic carbocycles. The van der Waals surface area contributed by atoms with E-state index in [1.54, 1.807) is 0 Å². The van der Waals surface area contributed by atoms with Crippen LogP contribution >= 0.6 is 0 Å². The quantitative estimate of drug-likeness (QED) is 0.694. The molecule has 178 valence electrons. The molecule has 3 fully saturated rings. The highest BCUT2D eigenvalue weighted by Crippen LogP contribution is 2.36. The molecule has 1 aromatic heterocycles. The number of nitrogens with zero attached hydrogens (tertiary/aromatic N) is 6. The summed E-state index contributed by atoms with van der Waals surface area (Å²) in [6, 6.07) is 12.8. The zero-order chi connectivity index (χ0) is 22.5. The van der Waals surface area contributed by atoms with Crippen molar-refractivity contribution in [2.45, 2.75) is 25.3 Å². The van der Waals surface area contributed by atoms with Crippen molar-refractivity contribution in [3.05, 3.63) is 54.4 Å². The van der Waals surface area contributed by atoms with Crippen LogP contribution in [-0.2, 0) is 9.47 Å². The number of likely N-dealkylation sites (N-methyl/N-ethyl adjacent to an activating group) is 1. The summed E-state index contributed by atoms with van der Waals surface area (Å²) in [5, 5.41) is 8.84. The van der Waals surface area contributed by atoms with Gasteiger partial charge in [-0.05, 0) is 18.2 Å². The lowest BCUT2D eigenvalue weighted by molar-refractivity contribution is -0.158. The molecule has 0 saturated carbocycles. The third kappa shape index (κ3) is 4.89. The molecule has 4 heterocycles. The van der Waals surface area contributed by atoms with Crippen LogP contribution in [0.2, 0.25) is 0 Å². The molecule has 0 aliphatic carbocycles. The number of ether oxygens (including phenoxy) is 2. The molecule has 3 saturated heterocycles. The SMILES string of the molecule is CCNC1C(N2CCOCC2)N(c2ncccn2)C(c2ccccc2)CN1N1CCOCC1. The fourth-order valence-corrected chi connectivity index (χ4v) is 5.23. The number of hydrazine groups is 1. The lowest BCUT2D eigenvalue weighted by Crippen LogP contribution is -2.75. The predicted octanol–water partition coefficient (Wildman–Crippen LogP) is 1.18. The lowest BCUT2D eigenvalue weighted by Gasteiger charge is -2.57. The number of nitrogens with one attached hydrogen (secondary N) is 1. The van der Waals surface area contributed by atoms with Gasteiger partial charge >= 0.3 is 0 Å². The first-order valence-electron chi connectivity index (χ1n) is 12.1. The highest BCUT2D eigenvalue weighted by molar-refractivity contribution is 5.40. The minimum atomic E-state index is 0.0538. The van der Waals surface area contributed by atoms with Gasteiger partial charge < -0.3 is 14.4 Å². The molecule has 3 atom stereocenters. The summed E-state index contributed by atoms with van der Waals surface area (Å²) >= 11 is 0. The third-order valence-electron chi connectivity index (χ3n) is 6.74. The summed E-state index contributed by atoms with van der Waals surface area (Å²) in [6.07, 6.45) is 3.84. The van der Waals surface area contributed by atoms with Gasteiger partial charge in [0.25, 0.3) is 0 Å². The Balaban J connectivity index is 1.60. The van der Waals surface area contributed by atoms with E-state index in [0.717, 1.165) is 71.6 Å². The Bertz CT molecular complexity index is 846. The van der Waals surface area contributed by atoms with Gasteiger partial charge in [0.1, 0.15) is 12.3 Å². The van der Waals surface area contributed by atoms with Crippen LogP contribution in [0, 0.1) is 0 Å². The van der Waals surface area contributed by atoms with Gasteiger partial charge in [-0.2, -0.15) is 0 Å². The Hall–Kier alpha value is -2.14. The average Bonchev–Trinajstić information content (AvgIpc) is 2.90. The summed E-state index contributed by atoms with van der Waals surface area (Å²) < 4.78 is 11.4. The Labute approximate surface area is 196 Å². The first kappa shape index (κ1) is 22.6. The van der Waals surface area contributed by atoms with Crippen molar-refractivity contribution in [3.8, 4) is 0 Å². The smallest absolute Gasteiger partial charge is 0.227 e. The van der Waals surface area contributed by atoms with Gasteiger partial charge in [0.2, 0.25) is 5.95 Å². The highest BCUT2D eigenvalue weighted by Gasteiger charge is 2.48. The standard InChI is InChI=1S/C24H35N7O2/c1-2-25-22-23(28-11-15-32-16-12-28)31(24-26-9-6-10-27-24)21(20-7-4-3-5-8-20)19-30(22)29-13-17-33-18-14-29/h3-10,21-23,25H,2,11-19H2,1H3. The third-order valence-corrected chi connectivity index (χ3v) is 6.74. The molecule has 0 radical (unpaired) electrons. The van der Waals surface area contributed by atoms with Crippen LogP contribution in [0.5, 0.6) is 0 Å². The number of rotatable bonds is 6. The Morgan fingerprint density at radius 3 is 2.24 bits per heavy atom. The maximum Gasteiger partial charge on any atom is 0.227 e. The van der Waals surface area contributed by atoms with Crippen molar-refractivity contribution >= 4 is 5.95 Å². The van der Waals surface area contributed by atoms with E-state index in [-0.39, 0.29) is 18.4 Å². The number of hydrogen-bond acceptors (Lipinski definition) is 9. The molecule has 1 N–H and O–H groups in total. The summed E-state index contributed by atoms with van der Waals surface area (Å²) in [4.78, 5) is 14.4. The Morgan fingerprint density at radius 2 is 1.58 bits per heavy atom. The van der Waals surface area contributed by atoms with E-state index in [2.05, 4.69) is 62.4 Å². The fraction of sp³-hybridized carbons (Fsp3) is 0.583. The number of piperazine rings is 1. The second-order valence-corrected chi connectivity index (χ2v) is 8.64. The molecule has 3 unspecified atom stereocenters. The monoisotopic (exact) mass is 453 g/mol. The average molecular weight is 454 g/mol. The summed E-state index contributed by atoms with van der Waals surface area (Å²) in [5.74, 6) is 0.771. The van der Waals surface area contributed by atoms with Gasteiger partial charge in [-0.15, -0.1) is 0 Å². The molecular formula is C24H35N7O2. The number of aromatic nitrogens is 2. The van der Waals surface area contributed by atoms with Crippen molar-refractivity contribution in [1.29, 1.82) is 0 Å². The second-order valence-electron chi connectivity index (χ2n) is 8.64. The van der Waals surface area contributed by atoms with Gasteiger partial charge in [0.05, 0.1) is 32.5 Å². The topological polar surface area (TPSA) is 69.2 Å². The second kappa shape index (κ2) is 10.9. The van der Waals surface area contributed by atoms with E-state index in [0.29, 0.717) is 0 Å². The molecule has 0 amide bonds. The predicted molar refractivity (Wildman–Crippen MR) is 126 cm³/mol. The zero-order valence-corrected chi connectivity index (χ0v) is 19.4. The molecule has 5 rings (SSSR count). The molecule has 9 heteroatoms. The van der Waals surface area contributed by atoms with Gasteiger partial charge in [-0.1, -0.05) is 37.3 Å². The van der Waals surface area contributed by atoms with Crippen molar-refractivity contribution in [3.63, 3.8) is 0 Å². The first-order valence-corrected chi connectivity index (χ1v) is 12.1. The van der Waals surface area contributed by atoms with E-state index < -0.39 is 0 Å². The number of morpholine rings is 2. The molecular weight excluding hydrogens is 418 g/mol. The normalized spacial score (nSPS) is 28.2. The Kier molecular flexibility index (Phi) is 7.45. The van der Waals surface area contributed by atoms with Crippen molar-refractivity contribution in [2.24, 2.45) is 0 Å². The maximum absolute atomic E-state index is 5.73. The van der Waals surface area contributed by atoms with Crippen LogP contribution in [0.3, 0.4) is 0 Å². The molecule has 0 spiro atoms. The number of hydrogen-bond donors (Lipinski definition) is 1. The van der Waals surface area contributed by atoms with Crippen molar-refractivity contribution in [1.82, 2.24) is 30.2 Å². The van der Waals surface area contributed by atoms with Crippen LogP contribution in [-0.4, -0.2) is 103 Å². The molecule has 9 nitrogen and oxygen atoms in total. The largest absolute Gasteiger partial charge is 0.379 e. The van der Waals surface area contributed by atoms with E-state index in [4.69, 9.17) is 19.4 Å². The minimum Gasteiger partial charge on any atom is -0.379 e. The summed E-state index contributed by atoms with van der Waals surface area (Å²) in [7, 11) is 0.